The lowest BCUT2D eigenvalue weighted by molar-refractivity contribution is 0.0583. The fourth-order valence-corrected chi connectivity index (χ4v) is 2.76. The van der Waals surface area contributed by atoms with Crippen LogP contribution in [0.1, 0.15) is 49.0 Å². The summed E-state index contributed by atoms with van der Waals surface area (Å²) in [5.41, 5.74) is 1.60. The van der Waals surface area contributed by atoms with Gasteiger partial charge >= 0.3 is 0 Å². The van der Waals surface area contributed by atoms with Crippen LogP contribution >= 0.6 is 0 Å². The van der Waals surface area contributed by atoms with Crippen LogP contribution in [0.5, 0.6) is 0 Å². The van der Waals surface area contributed by atoms with E-state index < -0.39 is 0 Å². The first-order valence-electron chi connectivity index (χ1n) is 7.51. The molecule has 2 rings (SSSR count). The summed E-state index contributed by atoms with van der Waals surface area (Å²) < 4.78 is 0. The van der Waals surface area contributed by atoms with E-state index in [2.05, 4.69) is 25.7 Å². The lowest BCUT2D eigenvalue weighted by Crippen LogP contribution is -2.43. The van der Waals surface area contributed by atoms with E-state index in [4.69, 9.17) is 5.11 Å². The number of aliphatic hydroxyl groups excluding tert-OH is 1. The van der Waals surface area contributed by atoms with E-state index in [1.807, 2.05) is 29.2 Å². The molecule has 1 aliphatic heterocycles. The maximum atomic E-state index is 12.7. The lowest BCUT2D eigenvalue weighted by Gasteiger charge is -2.38. The summed E-state index contributed by atoms with van der Waals surface area (Å²) in [7, 11) is 0. The number of nitrogens with zero attached hydrogens (tertiary/aromatic N) is 1. The highest BCUT2D eigenvalue weighted by molar-refractivity contribution is 5.96. The number of benzene rings is 1. The van der Waals surface area contributed by atoms with Crippen molar-refractivity contribution in [1.29, 1.82) is 0 Å². The number of rotatable bonds is 2. The number of carbonyl (C=O) groups excluding carboxylic acids is 1. The Kier molecular flexibility index (Phi) is 5.03. The van der Waals surface area contributed by atoms with Crippen LogP contribution in [0.4, 0.5) is 0 Å². The predicted molar refractivity (Wildman–Crippen MR) is 83.9 cm³/mol. The van der Waals surface area contributed by atoms with Gasteiger partial charge in [0.05, 0.1) is 12.2 Å². The van der Waals surface area contributed by atoms with Crippen molar-refractivity contribution in [2.45, 2.75) is 33.1 Å². The standard InChI is InChI=1S/C18H23NO2/c1-18(2)11-7-12-19(14-18)17(21)16-10-4-3-8-15(16)9-5-6-13-20/h3-4,8,10,20H,6-7,11-14H2,1-2H3. The van der Waals surface area contributed by atoms with Gasteiger partial charge in [-0.1, -0.05) is 37.8 Å². The number of hydrogen-bond donors (Lipinski definition) is 1. The summed E-state index contributed by atoms with van der Waals surface area (Å²) in [5, 5.41) is 8.81. The second-order valence-corrected chi connectivity index (χ2v) is 6.32. The van der Waals surface area contributed by atoms with Crippen molar-refractivity contribution in [3.8, 4) is 11.8 Å². The lowest BCUT2D eigenvalue weighted by atomic mass is 9.84. The highest BCUT2D eigenvalue weighted by Gasteiger charge is 2.30. The Balaban J connectivity index is 2.21. The fourth-order valence-electron chi connectivity index (χ4n) is 2.76. The highest BCUT2D eigenvalue weighted by Crippen LogP contribution is 2.29. The van der Waals surface area contributed by atoms with Gasteiger partial charge < -0.3 is 10.0 Å². The Labute approximate surface area is 127 Å². The molecule has 0 aliphatic carbocycles. The topological polar surface area (TPSA) is 40.5 Å². The molecule has 21 heavy (non-hydrogen) atoms. The van der Waals surface area contributed by atoms with Crippen LogP contribution in [0, 0.1) is 17.3 Å². The average molecular weight is 285 g/mol. The van der Waals surface area contributed by atoms with Crippen LogP contribution in [0.25, 0.3) is 0 Å². The molecule has 0 bridgehead atoms. The molecular weight excluding hydrogens is 262 g/mol. The molecule has 0 radical (unpaired) electrons. The monoisotopic (exact) mass is 285 g/mol. The molecule has 1 aromatic rings. The summed E-state index contributed by atoms with van der Waals surface area (Å²) >= 11 is 0. The fraction of sp³-hybridized carbons (Fsp3) is 0.500. The Morgan fingerprint density at radius 2 is 2.14 bits per heavy atom. The molecule has 1 aromatic carbocycles. The Morgan fingerprint density at radius 1 is 1.38 bits per heavy atom. The van der Waals surface area contributed by atoms with Gasteiger partial charge in [-0.3, -0.25) is 4.79 Å². The third-order valence-corrected chi connectivity index (χ3v) is 3.81. The zero-order valence-electron chi connectivity index (χ0n) is 12.9. The third-order valence-electron chi connectivity index (χ3n) is 3.81. The minimum atomic E-state index is 0.0451. The second kappa shape index (κ2) is 6.78. The quantitative estimate of drug-likeness (QED) is 0.849. The van der Waals surface area contributed by atoms with Crippen molar-refractivity contribution in [2.24, 2.45) is 5.41 Å². The molecule has 1 aliphatic rings. The van der Waals surface area contributed by atoms with Gasteiger partial charge in [0.25, 0.3) is 5.91 Å². The van der Waals surface area contributed by atoms with E-state index in [0.717, 1.165) is 31.5 Å². The number of likely N-dealkylation sites (tertiary alicyclic amines) is 1. The molecule has 0 spiro atoms. The van der Waals surface area contributed by atoms with Gasteiger partial charge in [0, 0.05) is 25.1 Å². The summed E-state index contributed by atoms with van der Waals surface area (Å²) in [5.74, 6) is 5.96. The number of aliphatic hydroxyl groups is 1. The Morgan fingerprint density at radius 3 is 2.86 bits per heavy atom. The zero-order chi connectivity index (χ0) is 15.3. The maximum absolute atomic E-state index is 12.7. The van der Waals surface area contributed by atoms with Gasteiger partial charge in [0.15, 0.2) is 0 Å². The molecule has 1 N–H and O–H groups in total. The van der Waals surface area contributed by atoms with Crippen LogP contribution in [-0.2, 0) is 0 Å². The van der Waals surface area contributed by atoms with Crippen LogP contribution in [0.3, 0.4) is 0 Å². The molecule has 0 saturated carbocycles. The average Bonchev–Trinajstić information content (AvgIpc) is 2.46. The van der Waals surface area contributed by atoms with Gasteiger partial charge in [0.2, 0.25) is 0 Å². The summed E-state index contributed by atoms with van der Waals surface area (Å²) in [6, 6.07) is 7.47. The van der Waals surface area contributed by atoms with Crippen LogP contribution in [-0.4, -0.2) is 35.6 Å². The van der Waals surface area contributed by atoms with Crippen molar-refractivity contribution in [1.82, 2.24) is 4.90 Å². The molecule has 1 fully saturated rings. The zero-order valence-corrected chi connectivity index (χ0v) is 12.9. The largest absolute Gasteiger partial charge is 0.395 e. The van der Waals surface area contributed by atoms with E-state index in [1.54, 1.807) is 0 Å². The van der Waals surface area contributed by atoms with Gasteiger partial charge in [-0.15, -0.1) is 0 Å². The van der Waals surface area contributed by atoms with Crippen molar-refractivity contribution in [2.75, 3.05) is 19.7 Å². The molecule has 1 heterocycles. The molecule has 0 atom stereocenters. The number of carbonyl (C=O) groups is 1. The second-order valence-electron chi connectivity index (χ2n) is 6.32. The van der Waals surface area contributed by atoms with Crippen LogP contribution in [0.15, 0.2) is 24.3 Å². The molecular formula is C18H23NO2. The maximum Gasteiger partial charge on any atom is 0.255 e. The molecule has 3 heteroatoms. The third kappa shape index (κ3) is 4.09. The molecule has 1 amide bonds. The first-order chi connectivity index (χ1) is 10.0. The molecule has 3 nitrogen and oxygen atoms in total. The predicted octanol–water partition coefficient (Wildman–Crippen LogP) is 2.68. The van der Waals surface area contributed by atoms with E-state index in [0.29, 0.717) is 12.0 Å². The molecule has 112 valence electrons. The van der Waals surface area contributed by atoms with E-state index in [9.17, 15) is 4.79 Å². The van der Waals surface area contributed by atoms with Crippen molar-refractivity contribution >= 4 is 5.91 Å². The van der Waals surface area contributed by atoms with E-state index >= 15 is 0 Å². The van der Waals surface area contributed by atoms with Crippen LogP contribution < -0.4 is 0 Å². The number of amides is 1. The minimum absolute atomic E-state index is 0.0451. The normalized spacial score (nSPS) is 17.0. The van der Waals surface area contributed by atoms with Crippen molar-refractivity contribution < 1.29 is 9.90 Å². The van der Waals surface area contributed by atoms with Gasteiger partial charge in [-0.25, -0.2) is 0 Å². The van der Waals surface area contributed by atoms with Crippen molar-refractivity contribution in [3.05, 3.63) is 35.4 Å². The highest BCUT2D eigenvalue weighted by atomic mass is 16.2. The summed E-state index contributed by atoms with van der Waals surface area (Å²) in [4.78, 5) is 14.7. The first-order valence-corrected chi connectivity index (χ1v) is 7.51. The Bertz CT molecular complexity index is 566. The summed E-state index contributed by atoms with van der Waals surface area (Å²) in [6.07, 6.45) is 2.64. The number of piperidine rings is 1. The smallest absolute Gasteiger partial charge is 0.255 e. The summed E-state index contributed by atoms with van der Waals surface area (Å²) in [6.45, 7) is 6.08. The van der Waals surface area contributed by atoms with Crippen molar-refractivity contribution in [3.63, 3.8) is 0 Å². The van der Waals surface area contributed by atoms with Gasteiger partial charge in [-0.2, -0.15) is 0 Å². The SMILES string of the molecule is CC1(C)CCCN(C(=O)c2ccccc2C#CCCO)C1. The molecule has 1 saturated heterocycles. The molecule has 0 unspecified atom stereocenters. The van der Waals surface area contributed by atoms with Crippen LogP contribution in [0.2, 0.25) is 0 Å². The van der Waals surface area contributed by atoms with Gasteiger partial charge in [0.1, 0.15) is 0 Å². The van der Waals surface area contributed by atoms with E-state index in [-0.39, 0.29) is 17.9 Å². The first kappa shape index (κ1) is 15.6. The van der Waals surface area contributed by atoms with Gasteiger partial charge in [-0.05, 0) is 30.4 Å². The molecule has 0 aromatic heterocycles. The number of hydrogen-bond acceptors (Lipinski definition) is 2. The minimum Gasteiger partial charge on any atom is -0.395 e. The van der Waals surface area contributed by atoms with E-state index in [1.165, 1.54) is 0 Å². The Hall–Kier alpha value is -1.79.